The number of furan rings is 1. The van der Waals surface area contributed by atoms with Crippen molar-refractivity contribution in [3.8, 4) is 0 Å². The Morgan fingerprint density at radius 2 is 2.10 bits per heavy atom. The van der Waals surface area contributed by atoms with Crippen molar-refractivity contribution in [2.45, 2.75) is 37.5 Å². The molecule has 0 bridgehead atoms. The molecule has 1 aromatic rings. The van der Waals surface area contributed by atoms with Crippen LogP contribution in [-0.2, 0) is 14.3 Å². The van der Waals surface area contributed by atoms with Crippen molar-refractivity contribution >= 4 is 12.0 Å². The van der Waals surface area contributed by atoms with Gasteiger partial charge in [-0.1, -0.05) is 0 Å². The number of amides is 1. The average Bonchev–Trinajstić information content (AvgIpc) is 2.98. The van der Waals surface area contributed by atoms with Gasteiger partial charge in [0.25, 0.3) is 0 Å². The van der Waals surface area contributed by atoms with E-state index < -0.39 is 0 Å². The summed E-state index contributed by atoms with van der Waals surface area (Å²) in [4.78, 5) is 11.9. The molecule has 5 nitrogen and oxygen atoms in total. The number of ether oxygens (including phenoxy) is 2. The van der Waals surface area contributed by atoms with E-state index in [9.17, 15) is 4.79 Å². The standard InChI is InChI=1S/C15H19NO4/c17-15(6-4-12-2-1-7-18-12)16-11-3-5-13-14(10-11)20-9-8-19-13/h1-2,4,6-7,11,13-14H,3,5,8-10H2,(H,16,17)/b6-4+. The number of carbonyl (C=O) groups is 1. The van der Waals surface area contributed by atoms with Gasteiger partial charge in [-0.25, -0.2) is 0 Å². The average molecular weight is 277 g/mol. The Balaban J connectivity index is 1.49. The molecule has 1 saturated heterocycles. The van der Waals surface area contributed by atoms with E-state index in [1.807, 2.05) is 6.07 Å². The van der Waals surface area contributed by atoms with Crippen molar-refractivity contribution in [1.82, 2.24) is 5.32 Å². The van der Waals surface area contributed by atoms with E-state index in [2.05, 4.69) is 5.32 Å². The molecule has 1 N–H and O–H groups in total. The van der Waals surface area contributed by atoms with Crippen molar-refractivity contribution in [3.05, 3.63) is 30.2 Å². The summed E-state index contributed by atoms with van der Waals surface area (Å²) in [6.07, 6.45) is 7.78. The summed E-state index contributed by atoms with van der Waals surface area (Å²) in [6.45, 7) is 1.34. The second-order valence-electron chi connectivity index (χ2n) is 5.19. The first-order valence-corrected chi connectivity index (χ1v) is 7.06. The van der Waals surface area contributed by atoms with Gasteiger partial charge >= 0.3 is 0 Å². The second-order valence-corrected chi connectivity index (χ2v) is 5.19. The molecular weight excluding hydrogens is 258 g/mol. The van der Waals surface area contributed by atoms with Crippen molar-refractivity contribution in [2.75, 3.05) is 13.2 Å². The molecule has 3 rings (SSSR count). The predicted molar refractivity (Wildman–Crippen MR) is 73.0 cm³/mol. The molecule has 20 heavy (non-hydrogen) atoms. The molecule has 1 aliphatic carbocycles. The maximum Gasteiger partial charge on any atom is 0.244 e. The molecule has 2 fully saturated rings. The summed E-state index contributed by atoms with van der Waals surface area (Å²) >= 11 is 0. The summed E-state index contributed by atoms with van der Waals surface area (Å²) in [6, 6.07) is 3.76. The topological polar surface area (TPSA) is 60.7 Å². The third-order valence-corrected chi connectivity index (χ3v) is 3.77. The van der Waals surface area contributed by atoms with Gasteiger partial charge in [-0.3, -0.25) is 4.79 Å². The molecule has 1 amide bonds. The van der Waals surface area contributed by atoms with Gasteiger partial charge in [0.15, 0.2) is 0 Å². The first kappa shape index (κ1) is 13.4. The molecule has 2 aliphatic rings. The SMILES string of the molecule is O=C(/C=C/c1ccco1)NC1CCC2OCCOC2C1. The van der Waals surface area contributed by atoms with Gasteiger partial charge in [-0.05, 0) is 37.5 Å². The first-order valence-electron chi connectivity index (χ1n) is 7.06. The third kappa shape index (κ3) is 3.29. The lowest BCUT2D eigenvalue weighted by Crippen LogP contribution is -2.49. The quantitative estimate of drug-likeness (QED) is 0.855. The van der Waals surface area contributed by atoms with E-state index >= 15 is 0 Å². The lowest BCUT2D eigenvalue weighted by Gasteiger charge is -2.38. The lowest BCUT2D eigenvalue weighted by molar-refractivity contribution is -0.158. The summed E-state index contributed by atoms with van der Waals surface area (Å²) in [5.74, 6) is 0.578. The molecule has 3 atom stereocenters. The van der Waals surface area contributed by atoms with E-state index in [4.69, 9.17) is 13.9 Å². The zero-order valence-corrected chi connectivity index (χ0v) is 11.3. The van der Waals surface area contributed by atoms with Crippen LogP contribution in [0.3, 0.4) is 0 Å². The van der Waals surface area contributed by atoms with E-state index in [1.54, 1.807) is 18.4 Å². The van der Waals surface area contributed by atoms with Gasteiger partial charge in [0.1, 0.15) is 5.76 Å². The van der Waals surface area contributed by atoms with Crippen LogP contribution in [0.15, 0.2) is 28.9 Å². The minimum atomic E-state index is -0.0958. The van der Waals surface area contributed by atoms with Crippen LogP contribution in [0.5, 0.6) is 0 Å². The van der Waals surface area contributed by atoms with E-state index in [1.165, 1.54) is 6.08 Å². The highest BCUT2D eigenvalue weighted by Crippen LogP contribution is 2.26. The molecule has 108 valence electrons. The maximum atomic E-state index is 11.9. The van der Waals surface area contributed by atoms with Crippen LogP contribution in [0.4, 0.5) is 0 Å². The van der Waals surface area contributed by atoms with E-state index in [0.717, 1.165) is 19.3 Å². The number of hydrogen-bond donors (Lipinski definition) is 1. The number of carbonyl (C=O) groups excluding carboxylic acids is 1. The van der Waals surface area contributed by atoms with Crippen molar-refractivity contribution in [3.63, 3.8) is 0 Å². The van der Waals surface area contributed by atoms with Crippen molar-refractivity contribution in [2.24, 2.45) is 0 Å². The number of nitrogens with one attached hydrogen (secondary N) is 1. The normalized spacial score (nSPS) is 30.1. The highest BCUT2D eigenvalue weighted by molar-refractivity contribution is 5.91. The Morgan fingerprint density at radius 1 is 1.25 bits per heavy atom. The van der Waals surface area contributed by atoms with Crippen LogP contribution in [0.1, 0.15) is 25.0 Å². The van der Waals surface area contributed by atoms with Gasteiger partial charge in [0.2, 0.25) is 5.91 Å². The fraction of sp³-hybridized carbons (Fsp3) is 0.533. The smallest absolute Gasteiger partial charge is 0.244 e. The fourth-order valence-electron chi connectivity index (χ4n) is 2.79. The largest absolute Gasteiger partial charge is 0.465 e. The van der Waals surface area contributed by atoms with Crippen LogP contribution >= 0.6 is 0 Å². The fourth-order valence-corrected chi connectivity index (χ4v) is 2.79. The first-order chi connectivity index (χ1) is 9.81. The Kier molecular flexibility index (Phi) is 4.18. The molecule has 1 aromatic heterocycles. The summed E-state index contributed by atoms with van der Waals surface area (Å²) in [5, 5.41) is 3.01. The second kappa shape index (κ2) is 6.24. The van der Waals surface area contributed by atoms with Crippen LogP contribution < -0.4 is 5.32 Å². The highest BCUT2D eigenvalue weighted by atomic mass is 16.6. The zero-order chi connectivity index (χ0) is 13.8. The third-order valence-electron chi connectivity index (χ3n) is 3.77. The van der Waals surface area contributed by atoms with E-state index in [-0.39, 0.29) is 24.2 Å². The monoisotopic (exact) mass is 277 g/mol. The number of hydrogen-bond acceptors (Lipinski definition) is 4. The highest BCUT2D eigenvalue weighted by Gasteiger charge is 2.34. The number of rotatable bonds is 3. The van der Waals surface area contributed by atoms with Crippen molar-refractivity contribution < 1.29 is 18.7 Å². The Bertz CT molecular complexity index is 468. The predicted octanol–water partition coefficient (Wildman–Crippen LogP) is 1.75. The van der Waals surface area contributed by atoms with Crippen LogP contribution in [-0.4, -0.2) is 37.4 Å². The number of fused-ring (bicyclic) bond motifs is 1. The molecule has 1 saturated carbocycles. The Morgan fingerprint density at radius 3 is 2.90 bits per heavy atom. The van der Waals surface area contributed by atoms with Gasteiger partial charge in [-0.15, -0.1) is 0 Å². The molecule has 5 heteroatoms. The summed E-state index contributed by atoms with van der Waals surface area (Å²) in [7, 11) is 0. The van der Waals surface area contributed by atoms with Crippen LogP contribution in [0.25, 0.3) is 6.08 Å². The lowest BCUT2D eigenvalue weighted by atomic mass is 9.89. The molecule has 3 unspecified atom stereocenters. The molecule has 0 spiro atoms. The Labute approximate surface area is 117 Å². The van der Waals surface area contributed by atoms with Gasteiger partial charge in [-0.2, -0.15) is 0 Å². The molecule has 2 heterocycles. The van der Waals surface area contributed by atoms with Crippen LogP contribution in [0, 0.1) is 0 Å². The molecule has 0 radical (unpaired) electrons. The van der Waals surface area contributed by atoms with Crippen molar-refractivity contribution in [1.29, 1.82) is 0 Å². The van der Waals surface area contributed by atoms with Crippen LogP contribution in [0.2, 0.25) is 0 Å². The van der Waals surface area contributed by atoms with E-state index in [0.29, 0.717) is 19.0 Å². The molecular formula is C15H19NO4. The summed E-state index contributed by atoms with van der Waals surface area (Å²) in [5.41, 5.74) is 0. The maximum absolute atomic E-state index is 11.9. The Hall–Kier alpha value is -1.59. The minimum absolute atomic E-state index is 0.0958. The molecule has 0 aromatic carbocycles. The summed E-state index contributed by atoms with van der Waals surface area (Å²) < 4.78 is 16.5. The zero-order valence-electron chi connectivity index (χ0n) is 11.3. The van der Waals surface area contributed by atoms with Gasteiger partial charge in [0, 0.05) is 12.1 Å². The van der Waals surface area contributed by atoms with Gasteiger partial charge < -0.3 is 19.2 Å². The molecule has 1 aliphatic heterocycles. The van der Waals surface area contributed by atoms with Gasteiger partial charge in [0.05, 0.1) is 31.7 Å². The minimum Gasteiger partial charge on any atom is -0.465 e.